The Morgan fingerprint density at radius 3 is 2.57 bits per heavy atom. The number of piperidine rings is 1. The van der Waals surface area contributed by atoms with Gasteiger partial charge in [0.15, 0.2) is 10.8 Å². The van der Waals surface area contributed by atoms with Gasteiger partial charge >= 0.3 is 0 Å². The average Bonchev–Trinajstić information content (AvgIpc) is 3.24. The van der Waals surface area contributed by atoms with Crippen LogP contribution < -0.4 is 0 Å². The molecule has 1 unspecified atom stereocenters. The van der Waals surface area contributed by atoms with E-state index in [-0.39, 0.29) is 22.4 Å². The third kappa shape index (κ3) is 4.05. The van der Waals surface area contributed by atoms with Crippen LogP contribution in [0.5, 0.6) is 0 Å². The lowest BCUT2D eigenvalue weighted by Crippen LogP contribution is -2.39. The number of hydrogen-bond acceptors (Lipinski definition) is 6. The Morgan fingerprint density at radius 1 is 1.13 bits per heavy atom. The van der Waals surface area contributed by atoms with Crippen molar-refractivity contribution in [3.8, 4) is 10.6 Å². The van der Waals surface area contributed by atoms with Crippen LogP contribution in [0.1, 0.15) is 41.0 Å². The second-order valence-electron chi connectivity index (χ2n) is 7.21. The van der Waals surface area contributed by atoms with Gasteiger partial charge in [-0.1, -0.05) is 35.6 Å². The maximum atomic E-state index is 14.0. The van der Waals surface area contributed by atoms with Gasteiger partial charge in [0.2, 0.25) is 10.0 Å². The molecule has 1 aromatic heterocycles. The first-order valence-corrected chi connectivity index (χ1v) is 11.8. The predicted molar refractivity (Wildman–Crippen MR) is 112 cm³/mol. The Bertz CT molecular complexity index is 1180. The molecule has 6 nitrogen and oxygen atoms in total. The van der Waals surface area contributed by atoms with Gasteiger partial charge in [-0.3, -0.25) is 4.79 Å². The standard InChI is InChI=1S/C21H20FN3O3S2/c1-14(26)15-8-10-17(11-9-15)30(27,28)25-12-4-5-16(13-25)20-23-24-21(29-20)18-6-2-3-7-19(18)22/h2-3,6-11,16H,4-5,12-13H2,1H3. The molecule has 2 aromatic carbocycles. The summed E-state index contributed by atoms with van der Waals surface area (Å²) in [6.45, 7) is 2.16. The van der Waals surface area contributed by atoms with E-state index >= 15 is 0 Å². The highest BCUT2D eigenvalue weighted by Crippen LogP contribution is 2.35. The molecule has 0 amide bonds. The lowest BCUT2D eigenvalue weighted by Gasteiger charge is -2.30. The molecule has 1 fully saturated rings. The summed E-state index contributed by atoms with van der Waals surface area (Å²) in [4.78, 5) is 11.6. The smallest absolute Gasteiger partial charge is 0.243 e. The van der Waals surface area contributed by atoms with Crippen LogP contribution in [0.15, 0.2) is 53.4 Å². The van der Waals surface area contributed by atoms with Crippen LogP contribution >= 0.6 is 11.3 Å². The van der Waals surface area contributed by atoms with E-state index in [1.165, 1.54) is 52.9 Å². The van der Waals surface area contributed by atoms with Crippen molar-refractivity contribution in [2.45, 2.75) is 30.6 Å². The average molecular weight is 446 g/mol. The summed E-state index contributed by atoms with van der Waals surface area (Å²) in [5.41, 5.74) is 0.868. The molecule has 0 spiro atoms. The maximum absolute atomic E-state index is 14.0. The molecule has 1 saturated heterocycles. The number of aromatic nitrogens is 2. The Labute approximate surface area is 178 Å². The quantitative estimate of drug-likeness (QED) is 0.552. The number of carbonyl (C=O) groups is 1. The van der Waals surface area contributed by atoms with Gasteiger partial charge < -0.3 is 0 Å². The van der Waals surface area contributed by atoms with Gasteiger partial charge in [0, 0.05) is 30.1 Å². The van der Waals surface area contributed by atoms with Crippen molar-refractivity contribution in [3.63, 3.8) is 0 Å². The minimum Gasteiger partial charge on any atom is -0.295 e. The fourth-order valence-corrected chi connectivity index (χ4v) is 6.04. The van der Waals surface area contributed by atoms with E-state index in [1.807, 2.05) is 0 Å². The van der Waals surface area contributed by atoms with Crippen molar-refractivity contribution >= 4 is 27.1 Å². The first-order chi connectivity index (χ1) is 14.4. The minimum atomic E-state index is -3.68. The summed E-state index contributed by atoms with van der Waals surface area (Å²) in [5, 5.41) is 9.54. The van der Waals surface area contributed by atoms with Crippen LogP contribution in [-0.4, -0.2) is 41.8 Å². The molecule has 3 aromatic rings. The van der Waals surface area contributed by atoms with E-state index in [1.54, 1.807) is 18.2 Å². The molecule has 1 aliphatic heterocycles. The molecular formula is C21H20FN3O3S2. The molecule has 4 rings (SSSR count). The Kier molecular flexibility index (Phi) is 5.77. The molecule has 2 heterocycles. The number of sulfonamides is 1. The van der Waals surface area contributed by atoms with E-state index in [0.717, 1.165) is 6.42 Å². The van der Waals surface area contributed by atoms with Crippen LogP contribution in [0.25, 0.3) is 10.6 Å². The van der Waals surface area contributed by atoms with Gasteiger partial charge in [0.05, 0.1) is 4.90 Å². The highest BCUT2D eigenvalue weighted by molar-refractivity contribution is 7.89. The minimum absolute atomic E-state index is 0.0944. The van der Waals surface area contributed by atoms with E-state index in [0.29, 0.717) is 40.7 Å². The number of rotatable bonds is 5. The number of benzene rings is 2. The summed E-state index contributed by atoms with van der Waals surface area (Å²) in [7, 11) is -3.68. The molecule has 0 radical (unpaired) electrons. The Balaban J connectivity index is 1.55. The number of hydrogen-bond donors (Lipinski definition) is 0. The zero-order valence-corrected chi connectivity index (χ0v) is 17.9. The SMILES string of the molecule is CC(=O)c1ccc(S(=O)(=O)N2CCCC(c3nnc(-c4ccccc4F)s3)C2)cc1. The predicted octanol–water partition coefficient (Wildman–Crippen LogP) is 4.12. The highest BCUT2D eigenvalue weighted by Gasteiger charge is 2.32. The van der Waals surface area contributed by atoms with E-state index in [2.05, 4.69) is 10.2 Å². The zero-order valence-electron chi connectivity index (χ0n) is 16.3. The molecule has 1 aliphatic rings. The first kappa shape index (κ1) is 20.8. The second-order valence-corrected chi connectivity index (χ2v) is 10.2. The first-order valence-electron chi connectivity index (χ1n) is 9.55. The third-order valence-electron chi connectivity index (χ3n) is 5.18. The number of halogens is 1. The normalized spacial score (nSPS) is 17.7. The van der Waals surface area contributed by atoms with Crippen LogP contribution in [0.4, 0.5) is 4.39 Å². The Morgan fingerprint density at radius 2 is 1.87 bits per heavy atom. The van der Waals surface area contributed by atoms with E-state index in [4.69, 9.17) is 0 Å². The lowest BCUT2D eigenvalue weighted by molar-refractivity contribution is 0.101. The Hall–Kier alpha value is -2.49. The van der Waals surface area contributed by atoms with Crippen LogP contribution in [-0.2, 0) is 10.0 Å². The molecule has 0 saturated carbocycles. The van der Waals surface area contributed by atoms with Crippen molar-refractivity contribution < 1.29 is 17.6 Å². The van der Waals surface area contributed by atoms with Gasteiger partial charge in [-0.25, -0.2) is 12.8 Å². The van der Waals surface area contributed by atoms with Crippen LogP contribution in [0.2, 0.25) is 0 Å². The summed E-state index contributed by atoms with van der Waals surface area (Å²) in [6.07, 6.45) is 1.49. The molecule has 0 N–H and O–H groups in total. The van der Waals surface area contributed by atoms with Gasteiger partial charge in [-0.2, -0.15) is 4.31 Å². The number of Topliss-reactive ketones (excluding diaryl/α,β-unsaturated/α-hetero) is 1. The fraction of sp³-hybridized carbons (Fsp3) is 0.286. The van der Waals surface area contributed by atoms with Crippen molar-refractivity contribution in [1.29, 1.82) is 0 Å². The summed E-state index contributed by atoms with van der Waals surface area (Å²) in [5.74, 6) is -0.566. The molecule has 0 bridgehead atoms. The van der Waals surface area contributed by atoms with Gasteiger partial charge in [0.25, 0.3) is 0 Å². The molecule has 9 heteroatoms. The number of nitrogens with zero attached hydrogens (tertiary/aromatic N) is 3. The molecule has 0 aliphatic carbocycles. The van der Waals surface area contributed by atoms with Crippen LogP contribution in [0.3, 0.4) is 0 Å². The summed E-state index contributed by atoms with van der Waals surface area (Å²) < 4.78 is 41.6. The van der Waals surface area contributed by atoms with Crippen molar-refractivity contribution in [2.24, 2.45) is 0 Å². The number of ketones is 1. The van der Waals surface area contributed by atoms with Gasteiger partial charge in [0.1, 0.15) is 10.8 Å². The highest BCUT2D eigenvalue weighted by atomic mass is 32.2. The number of carbonyl (C=O) groups excluding carboxylic acids is 1. The molecule has 30 heavy (non-hydrogen) atoms. The topological polar surface area (TPSA) is 80.2 Å². The molecule has 156 valence electrons. The molecular weight excluding hydrogens is 425 g/mol. The van der Waals surface area contributed by atoms with E-state index < -0.39 is 10.0 Å². The maximum Gasteiger partial charge on any atom is 0.243 e. The largest absolute Gasteiger partial charge is 0.295 e. The third-order valence-corrected chi connectivity index (χ3v) is 8.18. The van der Waals surface area contributed by atoms with Crippen molar-refractivity contribution in [3.05, 3.63) is 64.9 Å². The van der Waals surface area contributed by atoms with Crippen molar-refractivity contribution in [2.75, 3.05) is 13.1 Å². The zero-order chi connectivity index (χ0) is 21.3. The fourth-order valence-electron chi connectivity index (χ4n) is 3.52. The van der Waals surface area contributed by atoms with Crippen LogP contribution in [0, 0.1) is 5.82 Å². The second kappa shape index (κ2) is 8.33. The van der Waals surface area contributed by atoms with Crippen molar-refractivity contribution in [1.82, 2.24) is 14.5 Å². The summed E-state index contributed by atoms with van der Waals surface area (Å²) in [6, 6.07) is 12.4. The monoisotopic (exact) mass is 445 g/mol. The summed E-state index contributed by atoms with van der Waals surface area (Å²) >= 11 is 1.30. The van der Waals surface area contributed by atoms with E-state index in [9.17, 15) is 17.6 Å². The lowest BCUT2D eigenvalue weighted by atomic mass is 10.0. The van der Waals surface area contributed by atoms with Gasteiger partial charge in [-0.05, 0) is 44.0 Å². The van der Waals surface area contributed by atoms with Gasteiger partial charge in [-0.15, -0.1) is 10.2 Å². The molecule has 1 atom stereocenters.